The summed E-state index contributed by atoms with van der Waals surface area (Å²) < 4.78 is 4.61. The first-order valence-corrected chi connectivity index (χ1v) is 4.91. The molecule has 0 aromatic rings. The molecule has 0 radical (unpaired) electrons. The predicted molar refractivity (Wildman–Crippen MR) is 58.2 cm³/mol. The van der Waals surface area contributed by atoms with Gasteiger partial charge >= 0.3 is 5.97 Å². The molecule has 1 unspecified atom stereocenters. The summed E-state index contributed by atoms with van der Waals surface area (Å²) in [6, 6.07) is -0.585. The maximum Gasteiger partial charge on any atom is 0.328 e. The first kappa shape index (κ1) is 13.7. The highest BCUT2D eigenvalue weighted by Crippen LogP contribution is 2.03. The zero-order valence-electron chi connectivity index (χ0n) is 9.96. The van der Waals surface area contributed by atoms with Gasteiger partial charge in [-0.25, -0.2) is 4.79 Å². The van der Waals surface area contributed by atoms with Gasteiger partial charge in [0, 0.05) is 6.08 Å². The second kappa shape index (κ2) is 6.22. The standard InChI is InChI=1S/C11H19NO3/c1-7(2)6-9(13)12-10(8(3)4)11(14)15-5/h6,8,10H,1-5H3,(H,12,13). The van der Waals surface area contributed by atoms with E-state index >= 15 is 0 Å². The molecule has 0 saturated carbocycles. The summed E-state index contributed by atoms with van der Waals surface area (Å²) >= 11 is 0. The van der Waals surface area contributed by atoms with Gasteiger partial charge in [-0.2, -0.15) is 0 Å². The van der Waals surface area contributed by atoms with Crippen LogP contribution >= 0.6 is 0 Å². The van der Waals surface area contributed by atoms with Crippen molar-refractivity contribution in [2.75, 3.05) is 7.11 Å². The minimum absolute atomic E-state index is 0.00645. The number of hydrogen-bond donors (Lipinski definition) is 1. The number of esters is 1. The Morgan fingerprint density at radius 2 is 1.80 bits per heavy atom. The summed E-state index contributed by atoms with van der Waals surface area (Å²) in [5.74, 6) is -0.674. The summed E-state index contributed by atoms with van der Waals surface area (Å²) in [4.78, 5) is 22.7. The van der Waals surface area contributed by atoms with E-state index in [1.807, 2.05) is 27.7 Å². The molecule has 0 fully saturated rings. The Kier molecular flexibility index (Phi) is 5.67. The number of carbonyl (C=O) groups excluding carboxylic acids is 2. The molecule has 1 amide bonds. The Labute approximate surface area is 90.7 Å². The lowest BCUT2D eigenvalue weighted by Crippen LogP contribution is -2.44. The molecule has 0 rings (SSSR count). The van der Waals surface area contributed by atoms with E-state index in [-0.39, 0.29) is 11.8 Å². The van der Waals surface area contributed by atoms with Crippen molar-refractivity contribution in [3.63, 3.8) is 0 Å². The van der Waals surface area contributed by atoms with E-state index in [1.54, 1.807) is 0 Å². The van der Waals surface area contributed by atoms with E-state index < -0.39 is 12.0 Å². The van der Waals surface area contributed by atoms with E-state index in [2.05, 4.69) is 10.1 Å². The van der Waals surface area contributed by atoms with Gasteiger partial charge in [0.1, 0.15) is 6.04 Å². The summed E-state index contributed by atoms with van der Waals surface area (Å²) in [6.07, 6.45) is 1.46. The van der Waals surface area contributed by atoms with Gasteiger partial charge in [-0.15, -0.1) is 0 Å². The molecular weight excluding hydrogens is 194 g/mol. The van der Waals surface area contributed by atoms with Gasteiger partial charge in [0.25, 0.3) is 0 Å². The molecule has 86 valence electrons. The second-order valence-electron chi connectivity index (χ2n) is 3.98. The number of hydrogen-bond acceptors (Lipinski definition) is 3. The van der Waals surface area contributed by atoms with Crippen LogP contribution in [0.15, 0.2) is 11.6 Å². The van der Waals surface area contributed by atoms with Crippen molar-refractivity contribution in [1.82, 2.24) is 5.32 Å². The molecule has 0 saturated heterocycles. The lowest BCUT2D eigenvalue weighted by atomic mass is 10.0. The monoisotopic (exact) mass is 213 g/mol. The normalized spacial score (nSPS) is 11.9. The van der Waals surface area contributed by atoms with Crippen LogP contribution in [0.3, 0.4) is 0 Å². The largest absolute Gasteiger partial charge is 0.467 e. The average molecular weight is 213 g/mol. The van der Waals surface area contributed by atoms with Gasteiger partial charge in [-0.05, 0) is 19.8 Å². The van der Waals surface area contributed by atoms with Gasteiger partial charge in [-0.3, -0.25) is 4.79 Å². The fraction of sp³-hybridized carbons (Fsp3) is 0.636. The highest BCUT2D eigenvalue weighted by Gasteiger charge is 2.23. The van der Waals surface area contributed by atoms with Crippen molar-refractivity contribution < 1.29 is 14.3 Å². The third-order valence-corrected chi connectivity index (χ3v) is 1.84. The van der Waals surface area contributed by atoms with Crippen LogP contribution in [0, 0.1) is 5.92 Å². The Balaban J connectivity index is 4.49. The third kappa shape index (κ3) is 5.20. The quantitative estimate of drug-likeness (QED) is 0.565. The van der Waals surface area contributed by atoms with Gasteiger partial charge < -0.3 is 10.1 Å². The molecule has 0 aromatic heterocycles. The van der Waals surface area contributed by atoms with Crippen LogP contribution in [-0.2, 0) is 14.3 Å². The van der Waals surface area contributed by atoms with E-state index in [0.717, 1.165) is 5.57 Å². The van der Waals surface area contributed by atoms with Crippen molar-refractivity contribution in [2.45, 2.75) is 33.7 Å². The van der Waals surface area contributed by atoms with E-state index in [1.165, 1.54) is 13.2 Å². The molecule has 0 aliphatic rings. The fourth-order valence-corrected chi connectivity index (χ4v) is 1.08. The summed E-state index contributed by atoms with van der Waals surface area (Å²) in [5.41, 5.74) is 0.889. The van der Waals surface area contributed by atoms with Crippen LogP contribution in [0.2, 0.25) is 0 Å². The zero-order chi connectivity index (χ0) is 12.0. The van der Waals surface area contributed by atoms with Crippen LogP contribution in [0.1, 0.15) is 27.7 Å². The molecule has 1 N–H and O–H groups in total. The Hall–Kier alpha value is -1.32. The number of allylic oxidation sites excluding steroid dienone is 1. The Morgan fingerprint density at radius 1 is 1.27 bits per heavy atom. The van der Waals surface area contributed by atoms with E-state index in [4.69, 9.17) is 0 Å². The first-order chi connectivity index (χ1) is 6.88. The lowest BCUT2D eigenvalue weighted by molar-refractivity contribution is -0.145. The maximum absolute atomic E-state index is 11.4. The molecule has 0 aliphatic carbocycles. The molecule has 0 heterocycles. The highest BCUT2D eigenvalue weighted by atomic mass is 16.5. The van der Waals surface area contributed by atoms with E-state index in [0.29, 0.717) is 0 Å². The van der Waals surface area contributed by atoms with Crippen molar-refractivity contribution in [1.29, 1.82) is 0 Å². The Morgan fingerprint density at radius 3 is 2.13 bits per heavy atom. The summed E-state index contributed by atoms with van der Waals surface area (Å²) in [5, 5.41) is 2.61. The molecule has 0 bridgehead atoms. The van der Waals surface area contributed by atoms with Crippen LogP contribution in [-0.4, -0.2) is 25.0 Å². The number of amides is 1. The van der Waals surface area contributed by atoms with Gasteiger partial charge in [-0.1, -0.05) is 19.4 Å². The van der Waals surface area contributed by atoms with Crippen molar-refractivity contribution in [2.24, 2.45) is 5.92 Å². The first-order valence-electron chi connectivity index (χ1n) is 4.91. The predicted octanol–water partition coefficient (Wildman–Crippen LogP) is 1.27. The second-order valence-corrected chi connectivity index (χ2v) is 3.98. The molecule has 0 aliphatic heterocycles. The smallest absolute Gasteiger partial charge is 0.328 e. The van der Waals surface area contributed by atoms with Crippen molar-refractivity contribution >= 4 is 11.9 Å². The van der Waals surface area contributed by atoms with Crippen molar-refractivity contribution in [3.05, 3.63) is 11.6 Å². The third-order valence-electron chi connectivity index (χ3n) is 1.84. The molecule has 1 atom stereocenters. The van der Waals surface area contributed by atoms with Crippen LogP contribution in [0.4, 0.5) is 0 Å². The van der Waals surface area contributed by atoms with Crippen molar-refractivity contribution in [3.8, 4) is 0 Å². The molecule has 0 spiro atoms. The number of nitrogens with one attached hydrogen (secondary N) is 1. The molecule has 4 nitrogen and oxygen atoms in total. The minimum Gasteiger partial charge on any atom is -0.467 e. The fourth-order valence-electron chi connectivity index (χ4n) is 1.08. The molecular formula is C11H19NO3. The van der Waals surface area contributed by atoms with Crippen LogP contribution in [0.5, 0.6) is 0 Å². The van der Waals surface area contributed by atoms with Gasteiger partial charge in [0.15, 0.2) is 0 Å². The molecule has 0 aromatic carbocycles. The summed E-state index contributed by atoms with van der Waals surface area (Å²) in [6.45, 7) is 7.35. The Bertz CT molecular complexity index is 265. The summed E-state index contributed by atoms with van der Waals surface area (Å²) in [7, 11) is 1.31. The van der Waals surface area contributed by atoms with Crippen LogP contribution < -0.4 is 5.32 Å². The number of ether oxygens (including phenoxy) is 1. The van der Waals surface area contributed by atoms with Gasteiger partial charge in [0.2, 0.25) is 5.91 Å². The van der Waals surface area contributed by atoms with E-state index in [9.17, 15) is 9.59 Å². The SMILES string of the molecule is COC(=O)C(NC(=O)C=C(C)C)C(C)C. The number of methoxy groups -OCH3 is 1. The average Bonchev–Trinajstić information content (AvgIpc) is 2.11. The zero-order valence-corrected chi connectivity index (χ0v) is 9.96. The number of carbonyl (C=O) groups is 2. The molecule has 4 heteroatoms. The topological polar surface area (TPSA) is 55.4 Å². The van der Waals surface area contributed by atoms with Gasteiger partial charge in [0.05, 0.1) is 7.11 Å². The van der Waals surface area contributed by atoms with Crippen LogP contribution in [0.25, 0.3) is 0 Å². The maximum atomic E-state index is 11.4. The lowest BCUT2D eigenvalue weighted by Gasteiger charge is -2.18. The molecule has 15 heavy (non-hydrogen) atoms. The minimum atomic E-state index is -0.585. The number of rotatable bonds is 4. The highest BCUT2D eigenvalue weighted by molar-refractivity contribution is 5.91.